The molecule has 0 atom stereocenters. The number of amides is 1. The summed E-state index contributed by atoms with van der Waals surface area (Å²) in [6, 6.07) is 6.22. The minimum Gasteiger partial charge on any atom is -0.373 e. The molecule has 154 valence electrons. The number of benzene rings is 1. The number of anilines is 2. The lowest BCUT2D eigenvalue weighted by atomic mass is 9.95. The number of likely N-dealkylation sites (tertiary alicyclic amines) is 1. The Morgan fingerprint density at radius 2 is 2.07 bits per heavy atom. The van der Waals surface area contributed by atoms with Crippen molar-refractivity contribution in [1.29, 1.82) is 0 Å². The largest absolute Gasteiger partial charge is 0.373 e. The van der Waals surface area contributed by atoms with Crippen molar-refractivity contribution in [3.8, 4) is 0 Å². The Labute approximate surface area is 170 Å². The molecule has 0 bridgehead atoms. The number of rotatable bonds is 5. The van der Waals surface area contributed by atoms with Gasteiger partial charge in [-0.3, -0.25) is 9.69 Å². The minimum absolute atomic E-state index is 0.192. The summed E-state index contributed by atoms with van der Waals surface area (Å²) in [7, 11) is 1.91. The topological polar surface area (TPSA) is 82.2 Å². The molecule has 0 saturated carbocycles. The molecule has 1 fully saturated rings. The van der Waals surface area contributed by atoms with Crippen LogP contribution in [0.2, 0.25) is 0 Å². The fourth-order valence-corrected chi connectivity index (χ4v) is 4.07. The third-order valence-electron chi connectivity index (χ3n) is 5.66. The molecule has 8 heteroatoms. The maximum atomic E-state index is 13.7. The number of hydrogen-bond donors (Lipinski definition) is 3. The van der Waals surface area contributed by atoms with E-state index in [0.29, 0.717) is 5.92 Å². The van der Waals surface area contributed by atoms with Gasteiger partial charge in [-0.1, -0.05) is 12.1 Å². The first kappa shape index (κ1) is 19.7. The van der Waals surface area contributed by atoms with Crippen LogP contribution in [0.1, 0.15) is 35.8 Å². The van der Waals surface area contributed by atoms with Gasteiger partial charge >= 0.3 is 0 Å². The van der Waals surface area contributed by atoms with E-state index in [4.69, 9.17) is 9.97 Å². The van der Waals surface area contributed by atoms with Crippen LogP contribution in [0.4, 0.5) is 15.9 Å². The number of hydrogen-bond acceptors (Lipinski definition) is 6. The molecule has 3 N–H and O–H groups in total. The molecule has 2 aromatic rings. The number of halogens is 1. The van der Waals surface area contributed by atoms with Gasteiger partial charge in [0, 0.05) is 25.1 Å². The summed E-state index contributed by atoms with van der Waals surface area (Å²) in [5, 5.41) is 9.26. The van der Waals surface area contributed by atoms with Crippen molar-refractivity contribution >= 4 is 17.4 Å². The highest BCUT2D eigenvalue weighted by Gasteiger charge is 2.26. The number of nitrogens with one attached hydrogen (secondary N) is 3. The molecule has 1 aromatic heterocycles. The normalized spacial score (nSPS) is 17.6. The molecule has 2 aliphatic heterocycles. The molecule has 0 radical (unpaired) electrons. The number of piperidine rings is 1. The van der Waals surface area contributed by atoms with Crippen molar-refractivity contribution in [3.05, 3.63) is 47.2 Å². The molecular weight excluding hydrogens is 371 g/mol. The van der Waals surface area contributed by atoms with Crippen LogP contribution < -0.4 is 16.0 Å². The van der Waals surface area contributed by atoms with Crippen LogP contribution in [0.3, 0.4) is 0 Å². The molecule has 1 aromatic carbocycles. The van der Waals surface area contributed by atoms with Gasteiger partial charge in [-0.15, -0.1) is 0 Å². The summed E-state index contributed by atoms with van der Waals surface area (Å²) < 4.78 is 13.7. The Hall–Kier alpha value is -2.58. The number of nitrogens with zero attached hydrogens (tertiary/aromatic N) is 3. The van der Waals surface area contributed by atoms with Gasteiger partial charge in [-0.25, -0.2) is 14.4 Å². The second-order valence-electron chi connectivity index (χ2n) is 7.61. The third-order valence-corrected chi connectivity index (χ3v) is 5.66. The molecule has 1 saturated heterocycles. The van der Waals surface area contributed by atoms with Crippen LogP contribution in [0, 0.1) is 5.82 Å². The van der Waals surface area contributed by atoms with E-state index in [-0.39, 0.29) is 18.1 Å². The fourth-order valence-electron chi connectivity index (χ4n) is 4.07. The van der Waals surface area contributed by atoms with Gasteiger partial charge in [-0.2, -0.15) is 0 Å². The summed E-state index contributed by atoms with van der Waals surface area (Å²) in [4.78, 5) is 24.0. The monoisotopic (exact) mass is 398 g/mol. The summed E-state index contributed by atoms with van der Waals surface area (Å²) in [5.74, 6) is 1.52. The van der Waals surface area contributed by atoms with Crippen LogP contribution in [0.5, 0.6) is 0 Å². The fraction of sp³-hybridized carbons (Fsp3) is 0.476. The van der Waals surface area contributed by atoms with Crippen molar-refractivity contribution in [3.63, 3.8) is 0 Å². The van der Waals surface area contributed by atoms with E-state index in [0.717, 1.165) is 62.8 Å². The standard InChI is InChI=1S/C21H27FN6O/c1-23-21-15-6-9-24-12-18(15)26-20(27-21)14-7-10-28(11-8-14)13-19(29)25-17-5-3-2-4-16(17)22/h2-5,14,24H,6-13H2,1H3,(H,25,29)(H,23,26,27). The number of para-hydroxylation sites is 1. The van der Waals surface area contributed by atoms with E-state index >= 15 is 0 Å². The molecule has 0 aliphatic carbocycles. The first-order chi connectivity index (χ1) is 14.1. The Bertz CT molecular complexity index is 864. The van der Waals surface area contributed by atoms with E-state index in [1.807, 2.05) is 7.05 Å². The molecule has 2 aliphatic rings. The van der Waals surface area contributed by atoms with Gasteiger partial charge in [0.05, 0.1) is 17.9 Å². The van der Waals surface area contributed by atoms with Gasteiger partial charge in [0.15, 0.2) is 0 Å². The Morgan fingerprint density at radius 3 is 2.83 bits per heavy atom. The number of aromatic nitrogens is 2. The maximum absolute atomic E-state index is 13.7. The predicted molar refractivity (Wildman–Crippen MR) is 110 cm³/mol. The molecular formula is C21H27FN6O. The predicted octanol–water partition coefficient (Wildman–Crippen LogP) is 2.12. The third kappa shape index (κ3) is 4.54. The summed E-state index contributed by atoms with van der Waals surface area (Å²) >= 11 is 0. The van der Waals surface area contributed by atoms with E-state index in [9.17, 15) is 9.18 Å². The Kier molecular flexibility index (Phi) is 6.01. The van der Waals surface area contributed by atoms with E-state index in [2.05, 4.69) is 20.9 Å². The van der Waals surface area contributed by atoms with Gasteiger partial charge in [0.1, 0.15) is 17.5 Å². The lowest BCUT2D eigenvalue weighted by Crippen LogP contribution is -2.39. The molecule has 3 heterocycles. The van der Waals surface area contributed by atoms with Crippen LogP contribution in [-0.2, 0) is 17.8 Å². The molecule has 29 heavy (non-hydrogen) atoms. The Morgan fingerprint density at radius 1 is 1.28 bits per heavy atom. The number of fused-ring (bicyclic) bond motifs is 1. The summed E-state index contributed by atoms with van der Waals surface area (Å²) in [6.45, 7) is 3.59. The van der Waals surface area contributed by atoms with Crippen molar-refractivity contribution in [2.45, 2.75) is 31.7 Å². The van der Waals surface area contributed by atoms with Gasteiger partial charge in [0.25, 0.3) is 0 Å². The second-order valence-corrected chi connectivity index (χ2v) is 7.61. The first-order valence-corrected chi connectivity index (χ1v) is 10.2. The van der Waals surface area contributed by atoms with Crippen LogP contribution in [0.25, 0.3) is 0 Å². The van der Waals surface area contributed by atoms with Crippen molar-refractivity contribution < 1.29 is 9.18 Å². The summed E-state index contributed by atoms with van der Waals surface area (Å²) in [6.07, 6.45) is 2.76. The molecule has 4 rings (SSSR count). The van der Waals surface area contributed by atoms with Crippen molar-refractivity contribution in [2.75, 3.05) is 43.9 Å². The highest BCUT2D eigenvalue weighted by atomic mass is 19.1. The molecule has 1 amide bonds. The van der Waals surface area contributed by atoms with Gasteiger partial charge in [0.2, 0.25) is 5.91 Å². The molecule has 7 nitrogen and oxygen atoms in total. The van der Waals surface area contributed by atoms with E-state index in [1.165, 1.54) is 11.6 Å². The van der Waals surface area contributed by atoms with Crippen molar-refractivity contribution in [1.82, 2.24) is 20.2 Å². The Balaban J connectivity index is 1.35. The maximum Gasteiger partial charge on any atom is 0.238 e. The average molecular weight is 398 g/mol. The van der Waals surface area contributed by atoms with Crippen molar-refractivity contribution in [2.24, 2.45) is 0 Å². The van der Waals surface area contributed by atoms with E-state index in [1.54, 1.807) is 18.2 Å². The zero-order chi connectivity index (χ0) is 20.2. The number of carbonyl (C=O) groups excluding carboxylic acids is 1. The van der Waals surface area contributed by atoms with Gasteiger partial charge < -0.3 is 16.0 Å². The SMILES string of the molecule is CNc1nc(C2CCN(CC(=O)Nc3ccccc3F)CC2)nc2c1CCNC2. The minimum atomic E-state index is -0.418. The van der Waals surface area contributed by atoms with E-state index < -0.39 is 5.82 Å². The van der Waals surface area contributed by atoms with Crippen LogP contribution >= 0.6 is 0 Å². The van der Waals surface area contributed by atoms with Gasteiger partial charge in [-0.05, 0) is 51.0 Å². The van der Waals surface area contributed by atoms with Crippen LogP contribution in [-0.4, -0.2) is 54.0 Å². The van der Waals surface area contributed by atoms with Crippen LogP contribution in [0.15, 0.2) is 24.3 Å². The number of carbonyl (C=O) groups is 1. The smallest absolute Gasteiger partial charge is 0.238 e. The lowest BCUT2D eigenvalue weighted by molar-refractivity contribution is -0.117. The molecule has 0 spiro atoms. The average Bonchev–Trinajstić information content (AvgIpc) is 2.75. The quantitative estimate of drug-likeness (QED) is 0.716. The lowest BCUT2D eigenvalue weighted by Gasteiger charge is -2.31. The zero-order valence-electron chi connectivity index (χ0n) is 16.7. The molecule has 0 unspecified atom stereocenters. The first-order valence-electron chi connectivity index (χ1n) is 10.2. The second kappa shape index (κ2) is 8.84. The zero-order valence-corrected chi connectivity index (χ0v) is 16.7. The highest BCUT2D eigenvalue weighted by Crippen LogP contribution is 2.29. The summed E-state index contributed by atoms with van der Waals surface area (Å²) in [5.41, 5.74) is 2.54. The highest BCUT2D eigenvalue weighted by molar-refractivity contribution is 5.92.